The Morgan fingerprint density at radius 2 is 2.00 bits per heavy atom. The minimum absolute atomic E-state index is 0.0561. The predicted octanol–water partition coefficient (Wildman–Crippen LogP) is 2.06. The first-order valence-electron chi connectivity index (χ1n) is 5.41. The van der Waals surface area contributed by atoms with Crippen molar-refractivity contribution in [2.45, 2.75) is 12.5 Å². The summed E-state index contributed by atoms with van der Waals surface area (Å²) in [6.45, 7) is 2.56. The van der Waals surface area contributed by atoms with Crippen molar-refractivity contribution in [2.24, 2.45) is 0 Å². The highest BCUT2D eigenvalue weighted by Crippen LogP contribution is 2.20. The monoisotopic (exact) mass is 295 g/mol. The van der Waals surface area contributed by atoms with Crippen LogP contribution in [0.1, 0.15) is 12.5 Å². The molecule has 1 aromatic carbocycles. The van der Waals surface area contributed by atoms with E-state index in [1.54, 1.807) is 24.0 Å². The van der Waals surface area contributed by atoms with E-state index in [-0.39, 0.29) is 5.91 Å². The number of amides is 1. The van der Waals surface area contributed by atoms with Gasteiger partial charge in [-0.3, -0.25) is 4.79 Å². The Morgan fingerprint density at radius 3 is 2.53 bits per heavy atom. The molecule has 0 atom stereocenters. The van der Waals surface area contributed by atoms with Crippen LogP contribution in [0, 0.1) is 0 Å². The number of benzene rings is 1. The number of likely N-dealkylation sites (tertiary alicyclic amines) is 1. The van der Waals surface area contributed by atoms with E-state index in [9.17, 15) is 9.90 Å². The van der Waals surface area contributed by atoms with Crippen LogP contribution in [0.4, 0.5) is 0 Å². The first-order valence-corrected chi connectivity index (χ1v) is 6.20. The highest BCUT2D eigenvalue weighted by molar-refractivity contribution is 9.10. The highest BCUT2D eigenvalue weighted by Gasteiger charge is 2.38. The number of β-amino-alcohol motifs (C(OH)–C–C–N with tert-alkyl or cyclic N) is 1. The van der Waals surface area contributed by atoms with E-state index in [0.717, 1.165) is 10.0 Å². The third-order valence-electron chi connectivity index (χ3n) is 2.66. The van der Waals surface area contributed by atoms with Crippen LogP contribution in [0.5, 0.6) is 0 Å². The van der Waals surface area contributed by atoms with Crippen molar-refractivity contribution < 1.29 is 9.90 Å². The normalized spacial score (nSPS) is 18.2. The zero-order valence-corrected chi connectivity index (χ0v) is 11.1. The molecule has 1 amide bonds. The smallest absolute Gasteiger partial charge is 0.246 e. The summed E-state index contributed by atoms with van der Waals surface area (Å²) in [6.07, 6.45) is 3.32. The maximum Gasteiger partial charge on any atom is 0.246 e. The van der Waals surface area contributed by atoms with Gasteiger partial charge in [0.15, 0.2) is 0 Å². The number of aliphatic hydroxyl groups is 1. The van der Waals surface area contributed by atoms with Gasteiger partial charge in [-0.2, -0.15) is 0 Å². The third-order valence-corrected chi connectivity index (χ3v) is 3.19. The second kappa shape index (κ2) is 4.63. The standard InChI is InChI=1S/C13H14BrNO2/c1-13(17)8-15(9-13)12(16)7-4-10-2-5-11(14)6-3-10/h2-7,17H,8-9H2,1H3. The lowest BCUT2D eigenvalue weighted by Crippen LogP contribution is -2.61. The molecule has 1 aromatic rings. The zero-order chi connectivity index (χ0) is 12.5. The maximum atomic E-state index is 11.7. The Bertz CT molecular complexity index is 443. The van der Waals surface area contributed by atoms with Gasteiger partial charge in [0.05, 0.1) is 18.7 Å². The molecule has 1 N–H and O–H groups in total. The molecule has 90 valence electrons. The average molecular weight is 296 g/mol. The Kier molecular flexibility index (Phi) is 3.35. The second-order valence-electron chi connectivity index (χ2n) is 4.58. The molecule has 0 saturated carbocycles. The Morgan fingerprint density at radius 1 is 1.41 bits per heavy atom. The highest BCUT2D eigenvalue weighted by atomic mass is 79.9. The Labute approximate surface area is 109 Å². The van der Waals surface area contributed by atoms with Crippen LogP contribution in [-0.2, 0) is 4.79 Å². The van der Waals surface area contributed by atoms with Crippen molar-refractivity contribution in [3.05, 3.63) is 40.4 Å². The summed E-state index contributed by atoms with van der Waals surface area (Å²) in [4.78, 5) is 13.3. The van der Waals surface area contributed by atoms with Gasteiger partial charge in [-0.15, -0.1) is 0 Å². The molecule has 0 aliphatic carbocycles. The lowest BCUT2D eigenvalue weighted by atomic mass is 9.97. The molecule has 1 fully saturated rings. The number of carbonyl (C=O) groups is 1. The molecule has 2 rings (SSSR count). The molecule has 0 unspecified atom stereocenters. The van der Waals surface area contributed by atoms with Crippen LogP contribution >= 0.6 is 15.9 Å². The summed E-state index contributed by atoms with van der Waals surface area (Å²) >= 11 is 3.35. The number of halogens is 1. The molecule has 1 saturated heterocycles. The minimum Gasteiger partial charge on any atom is -0.386 e. The SMILES string of the molecule is CC1(O)CN(C(=O)C=Cc2ccc(Br)cc2)C1. The first-order chi connectivity index (χ1) is 7.96. The molecule has 17 heavy (non-hydrogen) atoms. The molecule has 0 bridgehead atoms. The van der Waals surface area contributed by atoms with Gasteiger partial charge >= 0.3 is 0 Å². The van der Waals surface area contributed by atoms with Gasteiger partial charge in [-0.25, -0.2) is 0 Å². The molecule has 0 aromatic heterocycles. The zero-order valence-electron chi connectivity index (χ0n) is 9.56. The largest absolute Gasteiger partial charge is 0.386 e. The average Bonchev–Trinajstić information content (AvgIpc) is 2.24. The van der Waals surface area contributed by atoms with Gasteiger partial charge in [-0.1, -0.05) is 28.1 Å². The van der Waals surface area contributed by atoms with Crippen LogP contribution < -0.4 is 0 Å². The topological polar surface area (TPSA) is 40.5 Å². The maximum absolute atomic E-state index is 11.7. The molecular weight excluding hydrogens is 282 g/mol. The summed E-state index contributed by atoms with van der Waals surface area (Å²) in [5.41, 5.74) is 0.273. The van der Waals surface area contributed by atoms with Gasteiger partial charge in [0.1, 0.15) is 0 Å². The summed E-state index contributed by atoms with van der Waals surface area (Å²) in [7, 11) is 0. The van der Waals surface area contributed by atoms with Crippen LogP contribution in [0.3, 0.4) is 0 Å². The summed E-state index contributed by atoms with van der Waals surface area (Å²) in [5.74, 6) is -0.0561. The molecule has 1 aliphatic rings. The van der Waals surface area contributed by atoms with Gasteiger partial charge < -0.3 is 10.0 Å². The van der Waals surface area contributed by atoms with E-state index < -0.39 is 5.60 Å². The van der Waals surface area contributed by atoms with Crippen molar-refractivity contribution in [3.8, 4) is 0 Å². The fraction of sp³-hybridized carbons (Fsp3) is 0.308. The van der Waals surface area contributed by atoms with Gasteiger partial charge in [0.2, 0.25) is 5.91 Å². The molecule has 3 nitrogen and oxygen atoms in total. The fourth-order valence-corrected chi connectivity index (χ4v) is 2.04. The third kappa shape index (κ3) is 3.17. The van der Waals surface area contributed by atoms with E-state index >= 15 is 0 Å². The second-order valence-corrected chi connectivity index (χ2v) is 5.49. The lowest BCUT2D eigenvalue weighted by Gasteiger charge is -2.43. The summed E-state index contributed by atoms with van der Waals surface area (Å²) in [5, 5.41) is 9.53. The van der Waals surface area contributed by atoms with Crippen molar-refractivity contribution in [3.63, 3.8) is 0 Å². The van der Waals surface area contributed by atoms with Crippen LogP contribution in [0.25, 0.3) is 6.08 Å². The van der Waals surface area contributed by atoms with Crippen LogP contribution in [0.2, 0.25) is 0 Å². The van der Waals surface area contributed by atoms with Crippen LogP contribution in [-0.4, -0.2) is 34.6 Å². The van der Waals surface area contributed by atoms with Crippen molar-refractivity contribution >= 4 is 27.9 Å². The van der Waals surface area contributed by atoms with E-state index in [1.165, 1.54) is 0 Å². The van der Waals surface area contributed by atoms with E-state index in [2.05, 4.69) is 15.9 Å². The molecule has 1 heterocycles. The van der Waals surface area contributed by atoms with Gasteiger partial charge in [-0.05, 0) is 30.7 Å². The van der Waals surface area contributed by atoms with E-state index in [0.29, 0.717) is 13.1 Å². The Balaban J connectivity index is 1.93. The van der Waals surface area contributed by atoms with Crippen molar-refractivity contribution in [2.75, 3.05) is 13.1 Å². The quantitative estimate of drug-likeness (QED) is 0.849. The predicted molar refractivity (Wildman–Crippen MR) is 70.4 cm³/mol. The number of rotatable bonds is 2. The molecule has 0 spiro atoms. The van der Waals surface area contributed by atoms with Gasteiger partial charge in [0.25, 0.3) is 0 Å². The molecular formula is C13H14BrNO2. The van der Waals surface area contributed by atoms with E-state index in [4.69, 9.17) is 0 Å². The minimum atomic E-state index is -0.707. The van der Waals surface area contributed by atoms with Crippen molar-refractivity contribution in [1.29, 1.82) is 0 Å². The number of hydrogen-bond acceptors (Lipinski definition) is 2. The first kappa shape index (κ1) is 12.3. The fourth-order valence-electron chi connectivity index (χ4n) is 1.78. The lowest BCUT2D eigenvalue weighted by molar-refractivity contribution is -0.146. The molecule has 0 radical (unpaired) electrons. The summed E-state index contributed by atoms with van der Waals surface area (Å²) < 4.78 is 1.01. The molecule has 1 aliphatic heterocycles. The van der Waals surface area contributed by atoms with Gasteiger partial charge in [0, 0.05) is 10.5 Å². The summed E-state index contributed by atoms with van der Waals surface area (Å²) in [6, 6.07) is 7.72. The van der Waals surface area contributed by atoms with E-state index in [1.807, 2.05) is 24.3 Å². The molecule has 4 heteroatoms. The number of hydrogen-bond donors (Lipinski definition) is 1. The number of nitrogens with zero attached hydrogens (tertiary/aromatic N) is 1. The number of carbonyl (C=O) groups excluding carboxylic acids is 1. The Hall–Kier alpha value is -1.13. The van der Waals surface area contributed by atoms with Crippen molar-refractivity contribution in [1.82, 2.24) is 4.90 Å². The van der Waals surface area contributed by atoms with Crippen LogP contribution in [0.15, 0.2) is 34.8 Å².